The first-order valence-electron chi connectivity index (χ1n) is 10.5. The van der Waals surface area contributed by atoms with E-state index in [4.69, 9.17) is 16.7 Å². The van der Waals surface area contributed by atoms with Gasteiger partial charge >= 0.3 is 5.97 Å². The maximum absolute atomic E-state index is 13.0. The minimum absolute atomic E-state index is 0.114. The molecule has 4 rings (SSSR count). The van der Waals surface area contributed by atoms with Crippen LogP contribution in [0.2, 0.25) is 5.02 Å². The van der Waals surface area contributed by atoms with E-state index in [1.165, 1.54) is 11.4 Å². The van der Waals surface area contributed by atoms with Crippen molar-refractivity contribution in [2.24, 2.45) is 0 Å². The highest BCUT2D eigenvalue weighted by Crippen LogP contribution is 2.39. The predicted molar refractivity (Wildman–Crippen MR) is 138 cm³/mol. The van der Waals surface area contributed by atoms with Crippen LogP contribution in [0.5, 0.6) is 0 Å². The molecule has 0 aliphatic carbocycles. The van der Waals surface area contributed by atoms with Crippen molar-refractivity contribution in [2.75, 3.05) is 28.2 Å². The lowest BCUT2D eigenvalue weighted by Gasteiger charge is -2.18. The van der Waals surface area contributed by atoms with Gasteiger partial charge in [-0.05, 0) is 47.5 Å². The molecule has 10 heteroatoms. The Bertz CT molecular complexity index is 1450. The number of halogens is 1. The van der Waals surface area contributed by atoms with Crippen molar-refractivity contribution in [3.05, 3.63) is 88.4 Å². The van der Waals surface area contributed by atoms with Crippen LogP contribution in [0.1, 0.15) is 16.7 Å². The summed E-state index contributed by atoms with van der Waals surface area (Å²) in [6, 6.07) is 18.8. The van der Waals surface area contributed by atoms with E-state index in [9.17, 15) is 18.0 Å². The van der Waals surface area contributed by atoms with Gasteiger partial charge < -0.3 is 15.7 Å². The van der Waals surface area contributed by atoms with Crippen molar-refractivity contribution >= 4 is 61.8 Å². The maximum Gasteiger partial charge on any atom is 0.307 e. The number of nitrogens with zero attached hydrogens (tertiary/aromatic N) is 1. The maximum atomic E-state index is 13.0. The largest absolute Gasteiger partial charge is 0.481 e. The third kappa shape index (κ3) is 5.31. The zero-order valence-corrected chi connectivity index (χ0v) is 20.4. The summed E-state index contributed by atoms with van der Waals surface area (Å²) in [5, 5.41) is 15.7. The highest BCUT2D eigenvalue weighted by Gasteiger charge is 2.28. The fraction of sp³-hybridized carbons (Fsp3) is 0.120. The number of sulfonamides is 1. The van der Waals surface area contributed by atoms with E-state index >= 15 is 0 Å². The molecule has 0 saturated carbocycles. The van der Waals surface area contributed by atoms with Crippen LogP contribution in [0.25, 0.3) is 11.3 Å². The second kappa shape index (κ2) is 9.44. The van der Waals surface area contributed by atoms with Gasteiger partial charge in [-0.1, -0.05) is 41.9 Å². The van der Waals surface area contributed by atoms with Crippen molar-refractivity contribution in [2.45, 2.75) is 6.42 Å². The van der Waals surface area contributed by atoms with Crippen molar-refractivity contribution in [1.82, 2.24) is 0 Å². The lowest BCUT2D eigenvalue weighted by Crippen LogP contribution is -2.24. The summed E-state index contributed by atoms with van der Waals surface area (Å²) in [5.74, 6) is -1.25. The van der Waals surface area contributed by atoms with Crippen LogP contribution in [0, 0.1) is 0 Å². The van der Waals surface area contributed by atoms with Crippen LogP contribution in [0.3, 0.4) is 0 Å². The molecule has 0 atom stereocenters. The number of anilines is 3. The Kier molecular flexibility index (Phi) is 6.56. The summed E-state index contributed by atoms with van der Waals surface area (Å²) in [7, 11) is -1.94. The molecule has 0 aromatic heterocycles. The van der Waals surface area contributed by atoms with Crippen molar-refractivity contribution in [3.8, 4) is 0 Å². The molecule has 0 radical (unpaired) electrons. The third-order valence-electron chi connectivity index (χ3n) is 5.57. The average Bonchev–Trinajstić information content (AvgIpc) is 3.11. The summed E-state index contributed by atoms with van der Waals surface area (Å²) in [6.07, 6.45) is 1.01. The molecule has 0 fully saturated rings. The van der Waals surface area contributed by atoms with Gasteiger partial charge in [0.05, 0.1) is 35.3 Å². The van der Waals surface area contributed by atoms with Crippen LogP contribution in [0.15, 0.2) is 66.7 Å². The van der Waals surface area contributed by atoms with E-state index in [0.29, 0.717) is 50.0 Å². The lowest BCUT2D eigenvalue weighted by molar-refractivity contribution is -0.136. The zero-order chi connectivity index (χ0) is 25.3. The number of hydrogen-bond donors (Lipinski definition) is 3. The van der Waals surface area contributed by atoms with Gasteiger partial charge in [0.25, 0.3) is 5.91 Å². The Labute approximate surface area is 207 Å². The standard InChI is InChI=1S/C25H22ClN3O5S/c1-29(35(2,33)34)19-10-8-18(9-11-19)27-24(16-5-3-15(4-6-16)13-22(30)31)23-20-12-7-17(26)14-21(20)28-25(23)32/h3-12,14,27H,13H2,1-2H3,(H,28,32)(H,30,31). The van der Waals surface area contributed by atoms with Gasteiger partial charge in [-0.2, -0.15) is 0 Å². The number of carboxylic acids is 1. The van der Waals surface area contributed by atoms with E-state index < -0.39 is 16.0 Å². The van der Waals surface area contributed by atoms with Gasteiger partial charge in [0.1, 0.15) is 0 Å². The molecule has 35 heavy (non-hydrogen) atoms. The lowest BCUT2D eigenvalue weighted by atomic mass is 9.98. The minimum Gasteiger partial charge on any atom is -0.481 e. The monoisotopic (exact) mass is 511 g/mol. The molecule has 1 aliphatic rings. The number of amides is 1. The molecule has 1 amide bonds. The van der Waals surface area contributed by atoms with Crippen molar-refractivity contribution in [1.29, 1.82) is 0 Å². The van der Waals surface area contributed by atoms with Crippen molar-refractivity contribution < 1.29 is 23.1 Å². The fourth-order valence-electron chi connectivity index (χ4n) is 3.73. The first-order chi connectivity index (χ1) is 16.5. The van der Waals surface area contributed by atoms with E-state index in [-0.39, 0.29) is 12.3 Å². The Balaban J connectivity index is 1.79. The minimum atomic E-state index is -3.41. The molecule has 0 saturated heterocycles. The summed E-state index contributed by atoms with van der Waals surface area (Å²) < 4.78 is 24.8. The second-order valence-electron chi connectivity index (χ2n) is 8.06. The number of fused-ring (bicyclic) bond motifs is 1. The quantitative estimate of drug-likeness (QED) is 0.407. The van der Waals surface area contributed by atoms with Gasteiger partial charge in [-0.3, -0.25) is 13.9 Å². The number of hydrogen-bond acceptors (Lipinski definition) is 5. The van der Waals surface area contributed by atoms with E-state index in [0.717, 1.165) is 6.26 Å². The number of carbonyl (C=O) groups excluding carboxylic acids is 1. The molecule has 1 heterocycles. The first-order valence-corrected chi connectivity index (χ1v) is 12.7. The van der Waals surface area contributed by atoms with E-state index in [1.54, 1.807) is 66.7 Å². The topological polar surface area (TPSA) is 116 Å². The Morgan fingerprint density at radius 1 is 1.06 bits per heavy atom. The van der Waals surface area contributed by atoms with Crippen LogP contribution >= 0.6 is 11.6 Å². The smallest absolute Gasteiger partial charge is 0.307 e. The zero-order valence-electron chi connectivity index (χ0n) is 18.9. The molecule has 0 spiro atoms. The summed E-state index contributed by atoms with van der Waals surface area (Å²) in [5.41, 5.74) is 4.59. The number of aliphatic carboxylic acids is 1. The van der Waals surface area contributed by atoms with Crippen LogP contribution in [0.4, 0.5) is 17.1 Å². The summed E-state index contributed by atoms with van der Waals surface area (Å²) in [4.78, 5) is 24.1. The van der Waals surface area contributed by atoms with Gasteiger partial charge in [-0.25, -0.2) is 8.42 Å². The number of rotatable bonds is 7. The number of carboxylic acid groups (broad SMARTS) is 1. The first kappa shape index (κ1) is 24.3. The third-order valence-corrected chi connectivity index (χ3v) is 7.01. The van der Waals surface area contributed by atoms with Crippen molar-refractivity contribution in [3.63, 3.8) is 0 Å². The Morgan fingerprint density at radius 2 is 1.71 bits per heavy atom. The normalized spacial score (nSPS) is 14.2. The van der Waals surface area contributed by atoms with Gasteiger partial charge in [-0.15, -0.1) is 0 Å². The molecule has 0 unspecified atom stereocenters. The van der Waals surface area contributed by atoms with Gasteiger partial charge in [0.15, 0.2) is 0 Å². The fourth-order valence-corrected chi connectivity index (χ4v) is 4.40. The highest BCUT2D eigenvalue weighted by atomic mass is 35.5. The molecule has 1 aliphatic heterocycles. The molecular weight excluding hydrogens is 490 g/mol. The Hall–Kier alpha value is -3.82. The predicted octanol–water partition coefficient (Wildman–Crippen LogP) is 4.30. The van der Waals surface area contributed by atoms with E-state index in [1.807, 2.05) is 0 Å². The summed E-state index contributed by atoms with van der Waals surface area (Å²) in [6.45, 7) is 0. The number of benzene rings is 3. The molecule has 3 N–H and O–H groups in total. The highest BCUT2D eigenvalue weighted by molar-refractivity contribution is 7.92. The van der Waals surface area contributed by atoms with Gasteiger partial charge in [0, 0.05) is 23.3 Å². The molecule has 3 aromatic rings. The molecule has 8 nitrogen and oxygen atoms in total. The molecule has 0 bridgehead atoms. The van der Waals surface area contributed by atoms with Crippen LogP contribution in [-0.2, 0) is 26.0 Å². The second-order valence-corrected chi connectivity index (χ2v) is 10.5. The number of carbonyl (C=O) groups is 2. The van der Waals surface area contributed by atoms with Crippen LogP contribution in [-0.4, -0.2) is 38.7 Å². The Morgan fingerprint density at radius 3 is 2.31 bits per heavy atom. The average molecular weight is 512 g/mol. The SMILES string of the molecule is CN(c1ccc(NC(=C2C(=O)Nc3cc(Cl)ccc32)c2ccc(CC(=O)O)cc2)cc1)S(C)(=O)=O. The molecular formula is C25H22ClN3O5S. The van der Waals surface area contributed by atoms with Crippen LogP contribution < -0.4 is 14.9 Å². The van der Waals surface area contributed by atoms with Gasteiger partial charge in [0.2, 0.25) is 10.0 Å². The number of nitrogens with one attached hydrogen (secondary N) is 2. The molecule has 180 valence electrons. The summed E-state index contributed by atoms with van der Waals surface area (Å²) >= 11 is 6.10. The van der Waals surface area contributed by atoms with E-state index in [2.05, 4.69) is 10.6 Å². The molecule has 3 aromatic carbocycles.